The van der Waals surface area contributed by atoms with Gasteiger partial charge >= 0.3 is 0 Å². The summed E-state index contributed by atoms with van der Waals surface area (Å²) >= 11 is 0. The minimum atomic E-state index is -0.875. The zero-order valence-electron chi connectivity index (χ0n) is 8.79. The van der Waals surface area contributed by atoms with Crippen LogP contribution in [-0.2, 0) is 9.53 Å². The number of nitrogens with one attached hydrogen (secondary N) is 1. The smallest absolute Gasteiger partial charge is 0.227 e. The molecular weight excluding hydrogens is 196 g/mol. The second kappa shape index (κ2) is 3.73. The first kappa shape index (κ1) is 10.9. The van der Waals surface area contributed by atoms with Crippen LogP contribution in [-0.4, -0.2) is 42.9 Å². The molecule has 1 aliphatic carbocycles. The average Bonchev–Trinajstić information content (AvgIpc) is 2.93. The lowest BCUT2D eigenvalue weighted by Gasteiger charge is -2.22. The van der Waals surface area contributed by atoms with Gasteiger partial charge in [-0.05, 0) is 12.8 Å². The fourth-order valence-corrected chi connectivity index (χ4v) is 1.84. The van der Waals surface area contributed by atoms with Crippen molar-refractivity contribution in [2.45, 2.75) is 24.9 Å². The Bertz CT molecular complexity index is 257. The quantitative estimate of drug-likeness (QED) is 0.560. The van der Waals surface area contributed by atoms with Crippen LogP contribution in [0.5, 0.6) is 0 Å². The van der Waals surface area contributed by atoms with Crippen molar-refractivity contribution in [3.8, 4) is 0 Å². The molecule has 15 heavy (non-hydrogen) atoms. The van der Waals surface area contributed by atoms with Crippen LogP contribution in [0, 0.1) is 5.41 Å². The molecule has 0 aromatic rings. The maximum atomic E-state index is 11.7. The van der Waals surface area contributed by atoms with Crippen molar-refractivity contribution in [2.24, 2.45) is 11.1 Å². The molecule has 1 atom stereocenters. The van der Waals surface area contributed by atoms with Crippen LogP contribution in [0.25, 0.3) is 0 Å². The summed E-state index contributed by atoms with van der Waals surface area (Å²) in [4.78, 5) is 11.7. The summed E-state index contributed by atoms with van der Waals surface area (Å²) in [7, 11) is 0. The Morgan fingerprint density at radius 3 is 2.67 bits per heavy atom. The third kappa shape index (κ3) is 2.14. The molecule has 0 radical (unpaired) electrons. The summed E-state index contributed by atoms with van der Waals surface area (Å²) in [6, 6.07) is 0. The van der Waals surface area contributed by atoms with Gasteiger partial charge in [-0.15, -0.1) is 0 Å². The van der Waals surface area contributed by atoms with Crippen LogP contribution in [0.2, 0.25) is 0 Å². The van der Waals surface area contributed by atoms with Crippen LogP contribution in [0.15, 0.2) is 0 Å². The van der Waals surface area contributed by atoms with Crippen molar-refractivity contribution in [2.75, 3.05) is 26.3 Å². The molecule has 2 fully saturated rings. The molecular formula is C10H18N2O3. The largest absolute Gasteiger partial charge is 0.386 e. The maximum Gasteiger partial charge on any atom is 0.227 e. The Morgan fingerprint density at radius 1 is 1.47 bits per heavy atom. The summed E-state index contributed by atoms with van der Waals surface area (Å²) in [6.07, 6.45) is 2.32. The topological polar surface area (TPSA) is 84.6 Å². The molecule has 1 amide bonds. The lowest BCUT2D eigenvalue weighted by molar-refractivity contribution is -0.127. The van der Waals surface area contributed by atoms with Gasteiger partial charge in [-0.2, -0.15) is 0 Å². The fraction of sp³-hybridized carbons (Fsp3) is 0.900. The number of ether oxygens (including phenoxy) is 1. The molecule has 0 spiro atoms. The Balaban J connectivity index is 1.80. The highest BCUT2D eigenvalue weighted by Crippen LogP contribution is 2.44. The Hall–Kier alpha value is -0.650. The van der Waals surface area contributed by atoms with Gasteiger partial charge in [0, 0.05) is 26.1 Å². The van der Waals surface area contributed by atoms with Crippen LogP contribution in [0.3, 0.4) is 0 Å². The molecule has 0 bridgehead atoms. The van der Waals surface area contributed by atoms with E-state index in [1.165, 1.54) is 0 Å². The second-order valence-electron chi connectivity index (χ2n) is 4.69. The Labute approximate surface area is 89.0 Å². The predicted molar refractivity (Wildman–Crippen MR) is 54.1 cm³/mol. The van der Waals surface area contributed by atoms with Gasteiger partial charge in [0.15, 0.2) is 0 Å². The van der Waals surface area contributed by atoms with Gasteiger partial charge in [0.05, 0.1) is 12.0 Å². The summed E-state index contributed by atoms with van der Waals surface area (Å²) in [5.74, 6) is -0.0228. The van der Waals surface area contributed by atoms with Crippen LogP contribution < -0.4 is 11.1 Å². The zero-order chi connectivity index (χ0) is 10.9. The number of carbonyl (C=O) groups excluding carboxylic acids is 1. The summed E-state index contributed by atoms with van der Waals surface area (Å²) < 4.78 is 5.09. The van der Waals surface area contributed by atoms with Crippen molar-refractivity contribution in [1.82, 2.24) is 5.32 Å². The summed E-state index contributed by atoms with van der Waals surface area (Å²) in [6.45, 7) is 1.54. The number of nitrogens with two attached hydrogens (primary N) is 1. The van der Waals surface area contributed by atoms with Crippen molar-refractivity contribution in [1.29, 1.82) is 0 Å². The van der Waals surface area contributed by atoms with Gasteiger partial charge in [0.25, 0.3) is 0 Å². The van der Waals surface area contributed by atoms with Crippen LogP contribution in [0.1, 0.15) is 19.3 Å². The molecule has 5 nitrogen and oxygen atoms in total. The molecule has 2 rings (SSSR count). The summed E-state index contributed by atoms with van der Waals surface area (Å²) in [5, 5.41) is 12.7. The van der Waals surface area contributed by atoms with E-state index in [0.717, 1.165) is 12.8 Å². The Kier molecular flexibility index (Phi) is 2.70. The molecule has 1 saturated heterocycles. The van der Waals surface area contributed by atoms with E-state index in [9.17, 15) is 9.90 Å². The van der Waals surface area contributed by atoms with E-state index >= 15 is 0 Å². The lowest BCUT2D eigenvalue weighted by atomic mass is 10.0. The van der Waals surface area contributed by atoms with E-state index in [-0.39, 0.29) is 17.9 Å². The minimum Gasteiger partial charge on any atom is -0.386 e. The van der Waals surface area contributed by atoms with Gasteiger partial charge < -0.3 is 20.9 Å². The highest BCUT2D eigenvalue weighted by molar-refractivity contribution is 5.85. The zero-order valence-corrected chi connectivity index (χ0v) is 8.79. The fourth-order valence-electron chi connectivity index (χ4n) is 1.84. The van der Waals surface area contributed by atoms with E-state index in [1.807, 2.05) is 0 Å². The van der Waals surface area contributed by atoms with Crippen molar-refractivity contribution < 1.29 is 14.6 Å². The third-order valence-electron chi connectivity index (χ3n) is 3.39. The van der Waals surface area contributed by atoms with Crippen molar-refractivity contribution >= 4 is 5.91 Å². The first-order valence-electron chi connectivity index (χ1n) is 5.39. The number of rotatable bonds is 4. The number of aliphatic hydroxyl groups is 1. The monoisotopic (exact) mass is 214 g/mol. The van der Waals surface area contributed by atoms with Crippen LogP contribution >= 0.6 is 0 Å². The molecule has 1 unspecified atom stereocenters. The average molecular weight is 214 g/mol. The lowest BCUT2D eigenvalue weighted by Crippen LogP contribution is -2.46. The molecule has 1 saturated carbocycles. The van der Waals surface area contributed by atoms with E-state index in [4.69, 9.17) is 10.5 Å². The van der Waals surface area contributed by atoms with E-state index < -0.39 is 5.60 Å². The molecule has 0 aromatic carbocycles. The van der Waals surface area contributed by atoms with Crippen molar-refractivity contribution in [3.05, 3.63) is 0 Å². The molecule has 0 aromatic heterocycles. The first-order chi connectivity index (χ1) is 7.10. The molecule has 1 aliphatic heterocycles. The van der Waals surface area contributed by atoms with Gasteiger partial charge in [-0.1, -0.05) is 0 Å². The van der Waals surface area contributed by atoms with Gasteiger partial charge in [0.1, 0.15) is 5.60 Å². The molecule has 1 heterocycles. The van der Waals surface area contributed by atoms with Gasteiger partial charge in [0.2, 0.25) is 5.91 Å². The van der Waals surface area contributed by atoms with Gasteiger partial charge in [-0.3, -0.25) is 4.79 Å². The normalized spacial score (nSPS) is 32.7. The number of hydrogen-bond acceptors (Lipinski definition) is 4. The number of carbonyl (C=O) groups is 1. The third-order valence-corrected chi connectivity index (χ3v) is 3.39. The SMILES string of the molecule is NCC1(C(=O)NCC2(O)CCOC2)CC1. The molecule has 4 N–H and O–H groups in total. The van der Waals surface area contributed by atoms with E-state index in [2.05, 4.69) is 5.32 Å². The standard InChI is InChI=1S/C10H18N2O3/c11-5-9(1-2-9)8(13)12-6-10(14)3-4-15-7-10/h14H,1-7,11H2,(H,12,13). The van der Waals surface area contributed by atoms with E-state index in [1.54, 1.807) is 0 Å². The molecule has 5 heteroatoms. The van der Waals surface area contributed by atoms with Crippen molar-refractivity contribution in [3.63, 3.8) is 0 Å². The highest BCUT2D eigenvalue weighted by atomic mass is 16.5. The van der Waals surface area contributed by atoms with Gasteiger partial charge in [-0.25, -0.2) is 0 Å². The molecule has 2 aliphatic rings. The van der Waals surface area contributed by atoms with Crippen LogP contribution in [0.4, 0.5) is 0 Å². The predicted octanol–water partition coefficient (Wildman–Crippen LogP) is -1.01. The second-order valence-corrected chi connectivity index (χ2v) is 4.69. The summed E-state index contributed by atoms with van der Waals surface area (Å²) in [5.41, 5.74) is 4.33. The number of amides is 1. The Morgan fingerprint density at radius 2 is 2.20 bits per heavy atom. The first-order valence-corrected chi connectivity index (χ1v) is 5.39. The number of hydrogen-bond donors (Lipinski definition) is 3. The van der Waals surface area contributed by atoms with E-state index in [0.29, 0.717) is 26.2 Å². The highest BCUT2D eigenvalue weighted by Gasteiger charge is 2.49. The maximum absolute atomic E-state index is 11.7. The molecule has 86 valence electrons. The minimum absolute atomic E-state index is 0.0228.